The molecule has 0 bridgehead atoms. The minimum Gasteiger partial charge on any atom is -0.465 e. The third-order valence-electron chi connectivity index (χ3n) is 2.77. The minimum atomic E-state index is -0.209. The average Bonchev–Trinajstić information content (AvgIpc) is 2.86. The highest BCUT2D eigenvalue weighted by molar-refractivity contribution is 5.69. The van der Waals surface area contributed by atoms with Gasteiger partial charge in [0.25, 0.3) is 0 Å². The van der Waals surface area contributed by atoms with Crippen LogP contribution in [0.15, 0.2) is 12.5 Å². The Morgan fingerprint density at radius 2 is 2.62 bits per heavy atom. The first-order valence-corrected chi connectivity index (χ1v) is 5.70. The smallest absolute Gasteiger partial charge is 0.325 e. The van der Waals surface area contributed by atoms with Crippen LogP contribution >= 0.6 is 0 Å². The van der Waals surface area contributed by atoms with Crippen molar-refractivity contribution in [1.82, 2.24) is 14.9 Å². The summed E-state index contributed by atoms with van der Waals surface area (Å²) in [6, 6.07) is 0.330. The van der Waals surface area contributed by atoms with Gasteiger partial charge in [-0.15, -0.1) is 0 Å². The van der Waals surface area contributed by atoms with Crippen molar-refractivity contribution in [3.05, 3.63) is 18.2 Å². The van der Waals surface area contributed by atoms with Crippen molar-refractivity contribution in [2.75, 3.05) is 13.2 Å². The summed E-state index contributed by atoms with van der Waals surface area (Å²) >= 11 is 0. The van der Waals surface area contributed by atoms with Crippen molar-refractivity contribution < 1.29 is 9.53 Å². The van der Waals surface area contributed by atoms with Crippen molar-refractivity contribution in [3.8, 4) is 0 Å². The lowest BCUT2D eigenvalue weighted by Crippen LogP contribution is -2.20. The summed E-state index contributed by atoms with van der Waals surface area (Å²) in [5.74, 6) is -0.209. The maximum atomic E-state index is 11.4. The normalized spacial score (nSPS) is 19.9. The Labute approximate surface area is 94.8 Å². The number of hydrogen-bond acceptors (Lipinski definition) is 4. The predicted molar refractivity (Wildman–Crippen MR) is 58.8 cm³/mol. The SMILES string of the molecule is CCOC(=O)Cn1cncc1C1CCCN1. The molecule has 2 rings (SSSR count). The lowest BCUT2D eigenvalue weighted by Gasteiger charge is -2.13. The molecule has 0 radical (unpaired) electrons. The summed E-state index contributed by atoms with van der Waals surface area (Å²) in [7, 11) is 0. The van der Waals surface area contributed by atoms with Gasteiger partial charge in [0.2, 0.25) is 0 Å². The Bertz CT molecular complexity index is 356. The Morgan fingerprint density at radius 1 is 1.75 bits per heavy atom. The molecule has 1 saturated heterocycles. The second-order valence-corrected chi connectivity index (χ2v) is 3.90. The molecule has 0 saturated carbocycles. The molecule has 1 aliphatic rings. The summed E-state index contributed by atoms with van der Waals surface area (Å²) in [5.41, 5.74) is 1.07. The molecule has 1 fully saturated rings. The molecule has 0 aromatic carbocycles. The van der Waals surface area contributed by atoms with Gasteiger partial charge in [-0.1, -0.05) is 0 Å². The molecule has 16 heavy (non-hydrogen) atoms. The Morgan fingerprint density at radius 3 is 3.31 bits per heavy atom. The van der Waals surface area contributed by atoms with E-state index in [0.29, 0.717) is 12.6 Å². The highest BCUT2D eigenvalue weighted by atomic mass is 16.5. The van der Waals surface area contributed by atoms with Crippen molar-refractivity contribution in [2.24, 2.45) is 0 Å². The zero-order valence-corrected chi connectivity index (χ0v) is 9.48. The minimum absolute atomic E-state index is 0.209. The quantitative estimate of drug-likeness (QED) is 0.769. The summed E-state index contributed by atoms with van der Waals surface area (Å²) in [6.45, 7) is 3.52. The first-order valence-electron chi connectivity index (χ1n) is 5.70. The molecular formula is C11H17N3O2. The number of carbonyl (C=O) groups excluding carboxylic acids is 1. The summed E-state index contributed by atoms with van der Waals surface area (Å²) in [4.78, 5) is 15.5. The van der Waals surface area contributed by atoms with Gasteiger partial charge >= 0.3 is 5.97 Å². The lowest BCUT2D eigenvalue weighted by molar-refractivity contribution is -0.143. The molecular weight excluding hydrogens is 206 g/mol. The number of nitrogens with zero attached hydrogens (tertiary/aromatic N) is 2. The molecule has 5 heteroatoms. The molecule has 1 aromatic heterocycles. The van der Waals surface area contributed by atoms with Crippen LogP contribution in [-0.2, 0) is 16.1 Å². The van der Waals surface area contributed by atoms with Gasteiger partial charge in [-0.3, -0.25) is 4.79 Å². The number of nitrogens with one attached hydrogen (secondary N) is 1. The van der Waals surface area contributed by atoms with Crippen LogP contribution in [0.5, 0.6) is 0 Å². The standard InChI is InChI=1S/C11H17N3O2/c1-2-16-11(15)7-14-8-12-6-10(14)9-4-3-5-13-9/h6,8-9,13H,2-5,7H2,1H3. The topological polar surface area (TPSA) is 56.2 Å². The molecule has 0 amide bonds. The second kappa shape index (κ2) is 5.12. The number of imidazole rings is 1. The van der Waals surface area contributed by atoms with Crippen LogP contribution in [0, 0.1) is 0 Å². The zero-order valence-electron chi connectivity index (χ0n) is 9.48. The van der Waals surface area contributed by atoms with Gasteiger partial charge in [-0.05, 0) is 26.3 Å². The van der Waals surface area contributed by atoms with Gasteiger partial charge in [0.15, 0.2) is 0 Å². The lowest BCUT2D eigenvalue weighted by atomic mass is 10.2. The van der Waals surface area contributed by atoms with Crippen LogP contribution < -0.4 is 5.32 Å². The molecule has 88 valence electrons. The van der Waals surface area contributed by atoms with E-state index in [1.165, 1.54) is 6.42 Å². The Balaban J connectivity index is 2.03. The summed E-state index contributed by atoms with van der Waals surface area (Å²) in [5, 5.41) is 3.39. The molecule has 0 aliphatic carbocycles. The van der Waals surface area contributed by atoms with E-state index in [1.54, 1.807) is 6.33 Å². The number of carbonyl (C=O) groups is 1. The molecule has 1 atom stereocenters. The molecule has 0 spiro atoms. The number of rotatable bonds is 4. The summed E-state index contributed by atoms with van der Waals surface area (Å²) < 4.78 is 6.79. The van der Waals surface area contributed by atoms with E-state index in [1.807, 2.05) is 17.7 Å². The van der Waals surface area contributed by atoms with E-state index >= 15 is 0 Å². The van der Waals surface area contributed by atoms with Crippen LogP contribution in [0.1, 0.15) is 31.5 Å². The van der Waals surface area contributed by atoms with Gasteiger partial charge in [0.05, 0.1) is 18.6 Å². The Kier molecular flexibility index (Phi) is 3.56. The molecule has 1 N–H and O–H groups in total. The fourth-order valence-electron chi connectivity index (χ4n) is 2.04. The zero-order chi connectivity index (χ0) is 11.4. The molecule has 2 heterocycles. The van der Waals surface area contributed by atoms with Gasteiger partial charge in [0.1, 0.15) is 6.54 Å². The van der Waals surface area contributed by atoms with E-state index in [-0.39, 0.29) is 12.5 Å². The highest BCUT2D eigenvalue weighted by Crippen LogP contribution is 2.22. The van der Waals surface area contributed by atoms with E-state index in [9.17, 15) is 4.79 Å². The maximum absolute atomic E-state index is 11.4. The maximum Gasteiger partial charge on any atom is 0.325 e. The Hall–Kier alpha value is -1.36. The van der Waals surface area contributed by atoms with Crippen LogP contribution in [0.4, 0.5) is 0 Å². The molecule has 1 aliphatic heterocycles. The van der Waals surface area contributed by atoms with Crippen molar-refractivity contribution in [3.63, 3.8) is 0 Å². The van der Waals surface area contributed by atoms with Crippen molar-refractivity contribution in [1.29, 1.82) is 0 Å². The van der Waals surface area contributed by atoms with Crippen molar-refractivity contribution >= 4 is 5.97 Å². The predicted octanol–water partition coefficient (Wildman–Crippen LogP) is 0.871. The number of ether oxygens (including phenoxy) is 1. The van der Waals surface area contributed by atoms with Gasteiger partial charge < -0.3 is 14.6 Å². The molecule has 5 nitrogen and oxygen atoms in total. The highest BCUT2D eigenvalue weighted by Gasteiger charge is 2.20. The van der Waals surface area contributed by atoms with E-state index in [4.69, 9.17) is 4.74 Å². The third-order valence-corrected chi connectivity index (χ3v) is 2.77. The van der Waals surface area contributed by atoms with Gasteiger partial charge in [-0.2, -0.15) is 0 Å². The largest absolute Gasteiger partial charge is 0.465 e. The number of esters is 1. The van der Waals surface area contributed by atoms with Crippen LogP contribution in [-0.4, -0.2) is 28.7 Å². The number of aromatic nitrogens is 2. The average molecular weight is 223 g/mol. The number of hydrogen-bond donors (Lipinski definition) is 1. The van der Waals surface area contributed by atoms with E-state index in [0.717, 1.165) is 18.7 Å². The van der Waals surface area contributed by atoms with Gasteiger partial charge in [-0.25, -0.2) is 4.98 Å². The van der Waals surface area contributed by atoms with E-state index < -0.39 is 0 Å². The van der Waals surface area contributed by atoms with Crippen LogP contribution in [0.25, 0.3) is 0 Å². The van der Waals surface area contributed by atoms with Gasteiger partial charge in [0, 0.05) is 12.2 Å². The second-order valence-electron chi connectivity index (χ2n) is 3.90. The third kappa shape index (κ3) is 2.41. The first-order chi connectivity index (χ1) is 7.81. The van der Waals surface area contributed by atoms with E-state index in [2.05, 4.69) is 10.3 Å². The molecule has 1 aromatic rings. The monoisotopic (exact) mass is 223 g/mol. The van der Waals surface area contributed by atoms with Crippen LogP contribution in [0.3, 0.4) is 0 Å². The molecule has 1 unspecified atom stereocenters. The summed E-state index contributed by atoms with van der Waals surface area (Å²) in [6.07, 6.45) is 5.79. The first kappa shape index (κ1) is 11.1. The van der Waals surface area contributed by atoms with Crippen molar-refractivity contribution in [2.45, 2.75) is 32.4 Å². The van der Waals surface area contributed by atoms with Crippen LogP contribution in [0.2, 0.25) is 0 Å². The fourth-order valence-corrected chi connectivity index (χ4v) is 2.04. The fraction of sp³-hybridized carbons (Fsp3) is 0.636.